The lowest BCUT2D eigenvalue weighted by molar-refractivity contribution is 0.483. The van der Waals surface area contributed by atoms with Crippen molar-refractivity contribution in [2.75, 3.05) is 0 Å². The fourth-order valence-corrected chi connectivity index (χ4v) is 2.33. The lowest BCUT2D eigenvalue weighted by atomic mass is 10.1. The highest BCUT2D eigenvalue weighted by Crippen LogP contribution is 2.27. The number of nitrogens with zero attached hydrogens (tertiary/aromatic N) is 2. The fourth-order valence-electron chi connectivity index (χ4n) is 2.33. The quantitative estimate of drug-likeness (QED) is 0.613. The largest absolute Gasteiger partial charge is 0.457 e. The minimum absolute atomic E-state index is 0.788. The molecule has 0 amide bonds. The summed E-state index contributed by atoms with van der Waals surface area (Å²) in [5.41, 5.74) is 2.74. The highest BCUT2D eigenvalue weighted by Gasteiger charge is 2.07. The fraction of sp³-hybridized carbons (Fsp3) is 0. The Morgan fingerprint density at radius 1 is 0.909 bits per heavy atom. The molecule has 4 heteroatoms. The van der Waals surface area contributed by atoms with Gasteiger partial charge < -0.3 is 4.74 Å². The van der Waals surface area contributed by atoms with Crippen LogP contribution >= 0.6 is 0 Å². The van der Waals surface area contributed by atoms with Crippen molar-refractivity contribution >= 4 is 10.9 Å². The topological polar surface area (TPSA) is 50.8 Å². The average Bonchev–Trinajstić information content (AvgIpc) is 3.05. The van der Waals surface area contributed by atoms with Gasteiger partial charge in [0.1, 0.15) is 11.5 Å². The maximum Gasteiger partial charge on any atom is 0.127 e. The summed E-state index contributed by atoms with van der Waals surface area (Å²) in [6.45, 7) is 0. The molecule has 0 fully saturated rings. The Hall–Kier alpha value is -3.14. The summed E-state index contributed by atoms with van der Waals surface area (Å²) < 4.78 is 5.79. The molecule has 0 spiro atoms. The normalized spacial score (nSPS) is 10.7. The van der Waals surface area contributed by atoms with Crippen LogP contribution < -0.4 is 4.74 Å². The molecule has 0 atom stereocenters. The van der Waals surface area contributed by atoms with Crippen molar-refractivity contribution in [2.24, 2.45) is 0 Å². The number of pyridine rings is 1. The molecule has 4 nitrogen and oxygen atoms in total. The van der Waals surface area contributed by atoms with Gasteiger partial charge in [0.05, 0.1) is 23.6 Å². The third kappa shape index (κ3) is 2.31. The van der Waals surface area contributed by atoms with Crippen LogP contribution in [0.25, 0.3) is 22.2 Å². The number of nitrogens with one attached hydrogen (secondary N) is 1. The molecule has 22 heavy (non-hydrogen) atoms. The second-order valence-electron chi connectivity index (χ2n) is 4.87. The van der Waals surface area contributed by atoms with Crippen LogP contribution in [0.5, 0.6) is 11.5 Å². The van der Waals surface area contributed by atoms with Crippen molar-refractivity contribution in [1.82, 2.24) is 15.2 Å². The van der Waals surface area contributed by atoms with E-state index in [-0.39, 0.29) is 0 Å². The smallest absolute Gasteiger partial charge is 0.127 e. The van der Waals surface area contributed by atoms with Crippen molar-refractivity contribution in [2.45, 2.75) is 0 Å². The van der Waals surface area contributed by atoms with E-state index in [9.17, 15) is 0 Å². The number of fused-ring (bicyclic) bond motifs is 1. The molecule has 2 aromatic carbocycles. The van der Waals surface area contributed by atoms with Gasteiger partial charge >= 0.3 is 0 Å². The van der Waals surface area contributed by atoms with E-state index in [0.717, 1.165) is 33.7 Å². The van der Waals surface area contributed by atoms with E-state index in [2.05, 4.69) is 21.4 Å². The van der Waals surface area contributed by atoms with Gasteiger partial charge in [0, 0.05) is 10.9 Å². The number of H-pyrrole nitrogens is 1. The van der Waals surface area contributed by atoms with Crippen molar-refractivity contribution in [3.8, 4) is 22.8 Å². The van der Waals surface area contributed by atoms with Crippen LogP contribution in [-0.2, 0) is 0 Å². The molecule has 0 aliphatic carbocycles. The Balaban J connectivity index is 1.66. The molecule has 0 saturated carbocycles. The lowest BCUT2D eigenvalue weighted by Crippen LogP contribution is -1.87. The summed E-state index contributed by atoms with van der Waals surface area (Å²) in [6.07, 6.45) is 4.67. The SMILES string of the molecule is [c]1cc2cn[nH]c2c(-c2ccc(Oc3ccccc3)cc2)n1. The van der Waals surface area contributed by atoms with Crippen LogP contribution in [-0.4, -0.2) is 15.2 Å². The maximum absolute atomic E-state index is 5.79. The maximum atomic E-state index is 5.79. The summed E-state index contributed by atoms with van der Waals surface area (Å²) in [6, 6.07) is 19.3. The van der Waals surface area contributed by atoms with E-state index < -0.39 is 0 Å². The van der Waals surface area contributed by atoms with E-state index in [1.165, 1.54) is 0 Å². The van der Waals surface area contributed by atoms with Gasteiger partial charge in [-0.15, -0.1) is 0 Å². The Labute approximate surface area is 127 Å². The zero-order valence-corrected chi connectivity index (χ0v) is 11.7. The predicted octanol–water partition coefficient (Wildman–Crippen LogP) is 4.22. The Morgan fingerprint density at radius 3 is 2.50 bits per heavy atom. The van der Waals surface area contributed by atoms with Gasteiger partial charge in [0.25, 0.3) is 0 Å². The minimum atomic E-state index is 0.788. The summed E-state index contributed by atoms with van der Waals surface area (Å²) in [5, 5.41) is 8.02. The van der Waals surface area contributed by atoms with Crippen molar-refractivity contribution in [1.29, 1.82) is 0 Å². The zero-order chi connectivity index (χ0) is 14.8. The van der Waals surface area contributed by atoms with Gasteiger partial charge in [0.2, 0.25) is 0 Å². The first-order valence-electron chi connectivity index (χ1n) is 6.94. The molecule has 2 aromatic heterocycles. The van der Waals surface area contributed by atoms with Gasteiger partial charge in [-0.1, -0.05) is 18.2 Å². The zero-order valence-electron chi connectivity index (χ0n) is 11.7. The summed E-state index contributed by atoms with van der Waals surface area (Å²) in [7, 11) is 0. The number of rotatable bonds is 3. The molecule has 1 radical (unpaired) electrons. The number of aromatic nitrogens is 3. The highest BCUT2D eigenvalue weighted by molar-refractivity contribution is 5.90. The molecule has 0 aliphatic rings. The van der Waals surface area contributed by atoms with Crippen LogP contribution in [0, 0.1) is 6.20 Å². The molecule has 1 N–H and O–H groups in total. The standard InChI is InChI=1S/C18H12N3O/c1-2-4-15(5-3-1)22-16-8-6-13(7-9-16)17-18-14(10-11-19-17)12-20-21-18/h1-10,12H,(H,20,21). The minimum Gasteiger partial charge on any atom is -0.457 e. The third-order valence-electron chi connectivity index (χ3n) is 3.41. The number of aromatic amines is 1. The van der Waals surface area contributed by atoms with Crippen LogP contribution in [0.3, 0.4) is 0 Å². The molecule has 0 unspecified atom stereocenters. The molecular weight excluding hydrogens is 274 g/mol. The molecule has 4 rings (SSSR count). The number of hydrogen-bond donors (Lipinski definition) is 1. The number of ether oxygens (including phenoxy) is 1. The first-order valence-corrected chi connectivity index (χ1v) is 6.94. The molecule has 0 saturated heterocycles. The average molecular weight is 286 g/mol. The Kier molecular flexibility index (Phi) is 3.05. The van der Waals surface area contributed by atoms with Crippen molar-refractivity contribution in [3.05, 3.63) is 73.1 Å². The van der Waals surface area contributed by atoms with E-state index in [1.54, 1.807) is 6.20 Å². The summed E-state index contributed by atoms with van der Waals surface area (Å²) in [5.74, 6) is 1.60. The van der Waals surface area contributed by atoms with Crippen LogP contribution in [0.1, 0.15) is 0 Å². The number of benzene rings is 2. The van der Waals surface area contributed by atoms with E-state index in [4.69, 9.17) is 4.74 Å². The molecular formula is C18H12N3O. The molecule has 105 valence electrons. The van der Waals surface area contributed by atoms with Gasteiger partial charge in [0.15, 0.2) is 0 Å². The molecule has 0 bridgehead atoms. The lowest BCUT2D eigenvalue weighted by Gasteiger charge is -2.07. The molecule has 0 aliphatic heterocycles. The predicted molar refractivity (Wildman–Crippen MR) is 84.7 cm³/mol. The first kappa shape index (κ1) is 12.6. The summed E-state index contributed by atoms with van der Waals surface area (Å²) in [4.78, 5) is 4.33. The van der Waals surface area contributed by atoms with Gasteiger partial charge in [-0.3, -0.25) is 5.10 Å². The second kappa shape index (κ2) is 5.33. The van der Waals surface area contributed by atoms with Crippen LogP contribution in [0.2, 0.25) is 0 Å². The summed E-state index contributed by atoms with van der Waals surface area (Å²) >= 11 is 0. The van der Waals surface area contributed by atoms with Gasteiger partial charge in [-0.25, -0.2) is 4.98 Å². The van der Waals surface area contributed by atoms with E-state index in [1.807, 2.05) is 60.7 Å². The van der Waals surface area contributed by atoms with Crippen molar-refractivity contribution in [3.63, 3.8) is 0 Å². The van der Waals surface area contributed by atoms with Crippen molar-refractivity contribution < 1.29 is 4.74 Å². The van der Waals surface area contributed by atoms with E-state index in [0.29, 0.717) is 0 Å². The van der Waals surface area contributed by atoms with Crippen LogP contribution in [0.15, 0.2) is 66.9 Å². The third-order valence-corrected chi connectivity index (χ3v) is 3.41. The van der Waals surface area contributed by atoms with Crippen LogP contribution in [0.4, 0.5) is 0 Å². The number of hydrogen-bond acceptors (Lipinski definition) is 3. The monoisotopic (exact) mass is 286 g/mol. The number of para-hydroxylation sites is 1. The van der Waals surface area contributed by atoms with Gasteiger partial charge in [-0.05, 0) is 42.5 Å². The first-order chi connectivity index (χ1) is 10.9. The molecule has 4 aromatic rings. The van der Waals surface area contributed by atoms with E-state index >= 15 is 0 Å². The second-order valence-corrected chi connectivity index (χ2v) is 4.87. The Bertz CT molecular complexity index is 898. The Morgan fingerprint density at radius 2 is 1.68 bits per heavy atom. The molecule has 2 heterocycles. The highest BCUT2D eigenvalue weighted by atomic mass is 16.5. The van der Waals surface area contributed by atoms with Gasteiger partial charge in [-0.2, -0.15) is 5.10 Å².